The first-order valence-corrected chi connectivity index (χ1v) is 8.94. The maximum absolute atomic E-state index is 14.1. The summed E-state index contributed by atoms with van der Waals surface area (Å²) in [5.74, 6) is -0.644. The van der Waals surface area contributed by atoms with E-state index in [0.717, 1.165) is 11.1 Å². The van der Waals surface area contributed by atoms with E-state index in [1.807, 2.05) is 81.4 Å². The molecule has 2 aromatic rings. The van der Waals surface area contributed by atoms with Gasteiger partial charge in [0.2, 0.25) is 0 Å². The lowest BCUT2D eigenvalue weighted by atomic mass is 10.0. The Hall–Kier alpha value is -1.72. The van der Waals surface area contributed by atoms with Crippen molar-refractivity contribution < 1.29 is 14.1 Å². The second-order valence-corrected chi connectivity index (χ2v) is 7.66. The molecular formula is C21H25NO3. The smallest absolute Gasteiger partial charge is 0.164 e. The monoisotopic (exact) mass is 339 g/mol. The number of quaternary nitrogens is 1. The molecule has 2 aliphatic rings. The van der Waals surface area contributed by atoms with Crippen LogP contribution in [0.1, 0.15) is 37.9 Å². The summed E-state index contributed by atoms with van der Waals surface area (Å²) in [5.41, 5.74) is 2.07. The number of hydrogen-bond donors (Lipinski definition) is 0. The average molecular weight is 339 g/mol. The Labute approximate surface area is 149 Å². The summed E-state index contributed by atoms with van der Waals surface area (Å²) < 4.78 is 12.0. The topological polar surface area (TPSA) is 41.5 Å². The average Bonchev–Trinajstić information content (AvgIpc) is 2.99. The molecule has 0 radical (unpaired) electrons. The normalized spacial score (nSPS) is 36.3. The minimum atomic E-state index is -0.644. The maximum Gasteiger partial charge on any atom is 0.164 e. The first-order valence-electron chi connectivity index (χ1n) is 8.94. The van der Waals surface area contributed by atoms with Gasteiger partial charge in [0, 0.05) is 11.1 Å². The fourth-order valence-electron chi connectivity index (χ4n) is 4.39. The first-order chi connectivity index (χ1) is 11.9. The summed E-state index contributed by atoms with van der Waals surface area (Å²) in [7, 11) is 0. The second-order valence-electron chi connectivity index (χ2n) is 7.66. The van der Waals surface area contributed by atoms with Gasteiger partial charge >= 0.3 is 0 Å². The van der Waals surface area contributed by atoms with E-state index in [0.29, 0.717) is 6.54 Å². The molecular weight excluding hydrogens is 314 g/mol. The minimum absolute atomic E-state index is 0.193. The van der Waals surface area contributed by atoms with Crippen LogP contribution in [0, 0.1) is 5.21 Å². The van der Waals surface area contributed by atoms with Crippen molar-refractivity contribution in [3.05, 3.63) is 77.0 Å². The van der Waals surface area contributed by atoms with Crippen LogP contribution in [0.5, 0.6) is 0 Å². The molecule has 4 rings (SSSR count). The molecule has 0 N–H and O–H groups in total. The van der Waals surface area contributed by atoms with E-state index in [-0.39, 0.29) is 28.9 Å². The summed E-state index contributed by atoms with van der Waals surface area (Å²) in [6.45, 7) is 6.27. The van der Waals surface area contributed by atoms with Crippen molar-refractivity contribution in [1.29, 1.82) is 0 Å². The zero-order valence-electron chi connectivity index (χ0n) is 15.0. The van der Waals surface area contributed by atoms with E-state index in [9.17, 15) is 5.21 Å². The summed E-state index contributed by atoms with van der Waals surface area (Å²) in [6.07, 6.45) is -0.421. The largest absolute Gasteiger partial charge is 0.632 e. The van der Waals surface area contributed by atoms with Gasteiger partial charge in [-0.15, -0.1) is 0 Å². The van der Waals surface area contributed by atoms with Gasteiger partial charge in [-0.2, -0.15) is 0 Å². The molecule has 25 heavy (non-hydrogen) atoms. The number of nitrogens with zero attached hydrogens (tertiary/aromatic N) is 1. The maximum atomic E-state index is 14.1. The van der Waals surface area contributed by atoms with Crippen molar-refractivity contribution in [2.75, 3.05) is 0 Å². The van der Waals surface area contributed by atoms with E-state index in [2.05, 4.69) is 0 Å². The van der Waals surface area contributed by atoms with E-state index in [1.54, 1.807) is 0 Å². The lowest BCUT2D eigenvalue weighted by molar-refractivity contribution is -0.936. The molecule has 5 atom stereocenters. The molecule has 4 heteroatoms. The van der Waals surface area contributed by atoms with Crippen LogP contribution in [0.15, 0.2) is 60.7 Å². The third kappa shape index (κ3) is 2.79. The van der Waals surface area contributed by atoms with Gasteiger partial charge in [0.1, 0.15) is 30.8 Å². The molecule has 0 aromatic heterocycles. The van der Waals surface area contributed by atoms with Crippen LogP contribution in [0.2, 0.25) is 0 Å². The summed E-state index contributed by atoms with van der Waals surface area (Å²) >= 11 is 0. The van der Waals surface area contributed by atoms with E-state index >= 15 is 0 Å². The molecule has 2 fully saturated rings. The molecule has 132 valence electrons. The molecule has 0 spiro atoms. The third-order valence-electron chi connectivity index (χ3n) is 5.52. The van der Waals surface area contributed by atoms with Crippen LogP contribution < -0.4 is 0 Å². The van der Waals surface area contributed by atoms with Crippen molar-refractivity contribution in [3.8, 4) is 0 Å². The number of ether oxygens (including phenoxy) is 2. The molecule has 2 aromatic carbocycles. The highest BCUT2D eigenvalue weighted by Crippen LogP contribution is 2.51. The number of hydrogen-bond acceptors (Lipinski definition) is 3. The van der Waals surface area contributed by atoms with Crippen LogP contribution in [-0.4, -0.2) is 28.7 Å². The molecule has 0 bridgehead atoms. The molecule has 0 saturated carbocycles. The van der Waals surface area contributed by atoms with Crippen LogP contribution in [0.3, 0.4) is 0 Å². The number of fused-ring (bicyclic) bond motifs is 1. The molecule has 0 aliphatic carbocycles. The van der Waals surface area contributed by atoms with Gasteiger partial charge in [-0.3, -0.25) is 0 Å². The van der Waals surface area contributed by atoms with Gasteiger partial charge in [0.15, 0.2) is 5.79 Å². The van der Waals surface area contributed by atoms with Gasteiger partial charge in [-0.1, -0.05) is 60.7 Å². The second kappa shape index (κ2) is 5.92. The summed E-state index contributed by atoms with van der Waals surface area (Å²) in [4.78, 5) is 0. The minimum Gasteiger partial charge on any atom is -0.632 e. The Morgan fingerprint density at radius 3 is 2.12 bits per heavy atom. The lowest BCUT2D eigenvalue weighted by Crippen LogP contribution is -2.50. The van der Waals surface area contributed by atoms with Gasteiger partial charge in [0.25, 0.3) is 0 Å². The van der Waals surface area contributed by atoms with Gasteiger partial charge in [0.05, 0.1) is 0 Å². The van der Waals surface area contributed by atoms with Gasteiger partial charge < -0.3 is 19.3 Å². The number of rotatable bonds is 3. The summed E-state index contributed by atoms with van der Waals surface area (Å²) in [5, 5.41) is 14.1. The molecule has 0 amide bonds. The Balaban J connectivity index is 1.76. The fourth-order valence-corrected chi connectivity index (χ4v) is 4.39. The van der Waals surface area contributed by atoms with Crippen molar-refractivity contribution >= 4 is 0 Å². The zero-order valence-corrected chi connectivity index (χ0v) is 15.0. The highest BCUT2D eigenvalue weighted by Gasteiger charge is 2.62. The molecule has 1 unspecified atom stereocenters. The van der Waals surface area contributed by atoms with E-state index < -0.39 is 5.79 Å². The standard InChI is InChI=1S/C21H25NO3/c1-15-19-20(25-21(2,3)24-19)18(17-12-8-5-9-13-17)22(15,23)14-16-10-6-4-7-11-16/h4-13,15,18-20H,14H2,1-3H3/t15-,18+,19-,20+,22?/m1/s1. The number of benzene rings is 2. The number of likely N-dealkylation sites (tertiary alicyclic amines) is 1. The Kier molecular flexibility index (Phi) is 3.96. The van der Waals surface area contributed by atoms with Crippen LogP contribution in [0.25, 0.3) is 0 Å². The Morgan fingerprint density at radius 2 is 1.48 bits per heavy atom. The SMILES string of the molecule is C[C@@H]1[C@H]2OC(C)(C)O[C@H]2[C@H](c2ccccc2)[N+]1([O-])Cc1ccccc1. The van der Waals surface area contributed by atoms with Gasteiger partial charge in [-0.25, -0.2) is 0 Å². The molecule has 2 aliphatic heterocycles. The molecule has 2 saturated heterocycles. The fraction of sp³-hybridized carbons (Fsp3) is 0.429. The van der Waals surface area contributed by atoms with Crippen molar-refractivity contribution in [2.45, 2.75) is 57.4 Å². The predicted octanol–water partition coefficient (Wildman–Crippen LogP) is 4.16. The Morgan fingerprint density at radius 1 is 0.920 bits per heavy atom. The summed E-state index contributed by atoms with van der Waals surface area (Å²) in [6, 6.07) is 19.5. The highest BCUT2D eigenvalue weighted by atomic mass is 16.8. The third-order valence-corrected chi connectivity index (χ3v) is 5.52. The van der Waals surface area contributed by atoms with Crippen LogP contribution in [-0.2, 0) is 16.0 Å². The lowest BCUT2D eigenvalue weighted by Gasteiger charge is -2.49. The van der Waals surface area contributed by atoms with Crippen molar-refractivity contribution in [3.63, 3.8) is 0 Å². The van der Waals surface area contributed by atoms with Gasteiger partial charge in [-0.05, 0) is 20.8 Å². The number of hydroxylamine groups is 3. The van der Waals surface area contributed by atoms with E-state index in [1.165, 1.54) is 0 Å². The molecule has 2 heterocycles. The van der Waals surface area contributed by atoms with Crippen LogP contribution in [0.4, 0.5) is 0 Å². The quantitative estimate of drug-likeness (QED) is 0.623. The predicted molar refractivity (Wildman–Crippen MR) is 96.2 cm³/mol. The van der Waals surface area contributed by atoms with E-state index in [4.69, 9.17) is 9.47 Å². The van der Waals surface area contributed by atoms with Crippen molar-refractivity contribution in [2.24, 2.45) is 0 Å². The van der Waals surface area contributed by atoms with Crippen LogP contribution >= 0.6 is 0 Å². The first kappa shape index (κ1) is 16.7. The van der Waals surface area contributed by atoms with Crippen molar-refractivity contribution in [1.82, 2.24) is 0 Å². The molecule has 4 nitrogen and oxygen atoms in total. The highest BCUT2D eigenvalue weighted by molar-refractivity contribution is 5.23. The Bertz CT molecular complexity index is 733. The zero-order chi connectivity index (χ0) is 17.7.